The molecule has 0 radical (unpaired) electrons. The monoisotopic (exact) mass is 251 g/mol. The van der Waals surface area contributed by atoms with Gasteiger partial charge in [-0.05, 0) is 12.5 Å². The second kappa shape index (κ2) is 6.11. The summed E-state index contributed by atoms with van der Waals surface area (Å²) < 4.78 is 0. The molecule has 0 aromatic heterocycles. The van der Waals surface area contributed by atoms with Crippen LogP contribution in [0.2, 0.25) is 0 Å². The Hall–Kier alpha value is -1.95. The molecule has 1 aromatic carbocycles. The van der Waals surface area contributed by atoms with Crippen molar-refractivity contribution >= 4 is 11.6 Å². The maximum atomic E-state index is 10.8. The van der Waals surface area contributed by atoms with E-state index in [-0.39, 0.29) is 17.5 Å². The molecule has 0 fully saturated rings. The predicted octanol–water partition coefficient (Wildman–Crippen LogP) is 1.11. The number of hydrogen-bond donors (Lipinski definition) is 2. The number of nitrogens with one attached hydrogen (secondary N) is 1. The Bertz CT molecular complexity index is 460. The number of nitro groups is 1. The van der Waals surface area contributed by atoms with Crippen molar-refractivity contribution in [3.63, 3.8) is 0 Å². The van der Waals surface area contributed by atoms with Crippen LogP contribution in [-0.2, 0) is 11.3 Å². The van der Waals surface area contributed by atoms with Crippen LogP contribution in [0.1, 0.15) is 18.1 Å². The van der Waals surface area contributed by atoms with E-state index in [1.807, 2.05) is 6.07 Å². The van der Waals surface area contributed by atoms with E-state index in [0.29, 0.717) is 18.7 Å². The van der Waals surface area contributed by atoms with Crippen molar-refractivity contribution in [2.24, 2.45) is 11.7 Å². The average Bonchev–Trinajstić information content (AvgIpc) is 2.30. The summed E-state index contributed by atoms with van der Waals surface area (Å²) in [4.78, 5) is 21.2. The second-order valence-electron chi connectivity index (χ2n) is 4.25. The minimum Gasteiger partial charge on any atom is -0.369 e. The van der Waals surface area contributed by atoms with Crippen LogP contribution in [0.3, 0.4) is 0 Å². The third-order valence-corrected chi connectivity index (χ3v) is 2.87. The molecule has 1 aromatic rings. The summed E-state index contributed by atoms with van der Waals surface area (Å²) >= 11 is 0. The largest absolute Gasteiger partial charge is 0.369 e. The number of nitrogens with zero attached hydrogens (tertiary/aromatic N) is 1. The van der Waals surface area contributed by atoms with Gasteiger partial charge in [0.2, 0.25) is 5.91 Å². The first-order valence-corrected chi connectivity index (χ1v) is 5.66. The Morgan fingerprint density at radius 1 is 1.56 bits per heavy atom. The first-order chi connectivity index (χ1) is 8.43. The third-order valence-electron chi connectivity index (χ3n) is 2.87. The van der Waals surface area contributed by atoms with Crippen molar-refractivity contribution in [3.05, 3.63) is 39.4 Å². The standard InChI is InChI=1S/C12H17N3O3/c1-8(12(13)16)6-14-7-10-4-3-5-11(9(10)2)15(17)18/h3-5,8,14H,6-7H2,1-2H3,(H2,13,16). The molecule has 0 saturated carbocycles. The summed E-state index contributed by atoms with van der Waals surface area (Å²) in [5.74, 6) is -0.623. The number of primary amides is 1. The van der Waals surface area contributed by atoms with Crippen molar-refractivity contribution in [1.29, 1.82) is 0 Å². The van der Waals surface area contributed by atoms with Crippen molar-refractivity contribution in [2.75, 3.05) is 6.54 Å². The number of carbonyl (C=O) groups excluding carboxylic acids is 1. The number of benzene rings is 1. The number of hydrogen-bond acceptors (Lipinski definition) is 4. The van der Waals surface area contributed by atoms with Gasteiger partial charge in [-0.2, -0.15) is 0 Å². The molecule has 0 heterocycles. The number of nitro benzene ring substituents is 1. The highest BCUT2D eigenvalue weighted by Crippen LogP contribution is 2.20. The minimum absolute atomic E-state index is 0.109. The van der Waals surface area contributed by atoms with Crippen molar-refractivity contribution in [3.8, 4) is 0 Å². The summed E-state index contributed by atoms with van der Waals surface area (Å²) in [5, 5.41) is 13.8. The van der Waals surface area contributed by atoms with E-state index in [4.69, 9.17) is 5.73 Å². The molecule has 98 valence electrons. The van der Waals surface area contributed by atoms with Crippen molar-refractivity contribution < 1.29 is 9.72 Å². The molecule has 0 aliphatic heterocycles. The SMILES string of the molecule is Cc1c(CNCC(C)C(N)=O)cccc1[N+](=O)[O-]. The van der Waals surface area contributed by atoms with Crippen LogP contribution >= 0.6 is 0 Å². The fourth-order valence-corrected chi connectivity index (χ4v) is 1.58. The van der Waals surface area contributed by atoms with Gasteiger partial charge in [0.05, 0.1) is 4.92 Å². The fraction of sp³-hybridized carbons (Fsp3) is 0.417. The Labute approximate surface area is 105 Å². The van der Waals surface area contributed by atoms with E-state index in [1.54, 1.807) is 19.9 Å². The maximum absolute atomic E-state index is 10.8. The van der Waals surface area contributed by atoms with E-state index < -0.39 is 4.92 Å². The average molecular weight is 251 g/mol. The second-order valence-corrected chi connectivity index (χ2v) is 4.25. The van der Waals surface area contributed by atoms with E-state index in [1.165, 1.54) is 6.07 Å². The molecule has 3 N–H and O–H groups in total. The van der Waals surface area contributed by atoms with Crippen LogP contribution in [-0.4, -0.2) is 17.4 Å². The molecule has 1 rings (SSSR count). The van der Waals surface area contributed by atoms with E-state index in [9.17, 15) is 14.9 Å². The summed E-state index contributed by atoms with van der Waals surface area (Å²) in [6.07, 6.45) is 0. The molecule has 1 atom stereocenters. The van der Waals surface area contributed by atoms with Gasteiger partial charge >= 0.3 is 0 Å². The predicted molar refractivity (Wildman–Crippen MR) is 67.9 cm³/mol. The molecule has 0 spiro atoms. The lowest BCUT2D eigenvalue weighted by molar-refractivity contribution is -0.385. The van der Waals surface area contributed by atoms with Crippen LogP contribution < -0.4 is 11.1 Å². The van der Waals surface area contributed by atoms with Gasteiger partial charge in [0.15, 0.2) is 0 Å². The Kier molecular flexibility index (Phi) is 4.79. The molecule has 1 unspecified atom stereocenters. The maximum Gasteiger partial charge on any atom is 0.272 e. The quantitative estimate of drug-likeness (QED) is 0.584. The molecule has 0 aliphatic carbocycles. The highest BCUT2D eigenvalue weighted by molar-refractivity contribution is 5.76. The van der Waals surface area contributed by atoms with Crippen molar-refractivity contribution in [2.45, 2.75) is 20.4 Å². The van der Waals surface area contributed by atoms with Gasteiger partial charge < -0.3 is 11.1 Å². The lowest BCUT2D eigenvalue weighted by Crippen LogP contribution is -2.30. The van der Waals surface area contributed by atoms with Gasteiger partial charge in [0, 0.05) is 30.6 Å². The van der Waals surface area contributed by atoms with Gasteiger partial charge in [-0.3, -0.25) is 14.9 Å². The van der Waals surface area contributed by atoms with Gasteiger partial charge in [-0.25, -0.2) is 0 Å². The number of nitrogens with two attached hydrogens (primary N) is 1. The van der Waals surface area contributed by atoms with Crippen LogP contribution in [0.25, 0.3) is 0 Å². The number of rotatable bonds is 6. The van der Waals surface area contributed by atoms with E-state index >= 15 is 0 Å². The zero-order valence-corrected chi connectivity index (χ0v) is 10.5. The van der Waals surface area contributed by atoms with Gasteiger partial charge in [-0.1, -0.05) is 19.1 Å². The summed E-state index contributed by atoms with van der Waals surface area (Å²) in [7, 11) is 0. The van der Waals surface area contributed by atoms with Gasteiger partial charge in [0.1, 0.15) is 0 Å². The topological polar surface area (TPSA) is 98.3 Å². The number of amides is 1. The first kappa shape index (κ1) is 14.1. The van der Waals surface area contributed by atoms with Crippen LogP contribution in [0.15, 0.2) is 18.2 Å². The Morgan fingerprint density at radius 3 is 2.78 bits per heavy atom. The summed E-state index contributed by atoms with van der Waals surface area (Å²) in [6, 6.07) is 4.95. The molecule has 1 amide bonds. The molecule has 0 bridgehead atoms. The zero-order valence-electron chi connectivity index (χ0n) is 10.5. The molecule has 18 heavy (non-hydrogen) atoms. The highest BCUT2D eigenvalue weighted by atomic mass is 16.6. The minimum atomic E-state index is -0.398. The summed E-state index contributed by atoms with van der Waals surface area (Å²) in [6.45, 7) is 4.38. The first-order valence-electron chi connectivity index (χ1n) is 5.66. The van der Waals surface area contributed by atoms with Crippen molar-refractivity contribution in [1.82, 2.24) is 5.32 Å². The molecule has 0 aliphatic rings. The zero-order chi connectivity index (χ0) is 13.7. The molecule has 0 saturated heterocycles. The van der Waals surface area contributed by atoms with Crippen LogP contribution in [0.4, 0.5) is 5.69 Å². The summed E-state index contributed by atoms with van der Waals surface area (Å²) in [5.41, 5.74) is 6.74. The van der Waals surface area contributed by atoms with Gasteiger partial charge in [-0.15, -0.1) is 0 Å². The fourth-order valence-electron chi connectivity index (χ4n) is 1.58. The smallest absolute Gasteiger partial charge is 0.272 e. The Balaban J connectivity index is 2.66. The lowest BCUT2D eigenvalue weighted by Gasteiger charge is -2.10. The normalized spacial score (nSPS) is 12.1. The van der Waals surface area contributed by atoms with E-state index in [2.05, 4.69) is 5.32 Å². The molecular weight excluding hydrogens is 234 g/mol. The van der Waals surface area contributed by atoms with Gasteiger partial charge in [0.25, 0.3) is 5.69 Å². The lowest BCUT2D eigenvalue weighted by atomic mass is 10.1. The highest BCUT2D eigenvalue weighted by Gasteiger charge is 2.13. The van der Waals surface area contributed by atoms with Crippen LogP contribution in [0.5, 0.6) is 0 Å². The molecule has 6 nitrogen and oxygen atoms in total. The Morgan fingerprint density at radius 2 is 2.22 bits per heavy atom. The third kappa shape index (κ3) is 3.53. The molecule has 6 heteroatoms. The molecular formula is C12H17N3O3. The van der Waals surface area contributed by atoms with Crippen LogP contribution in [0, 0.1) is 23.0 Å². The number of carbonyl (C=O) groups is 1. The van der Waals surface area contributed by atoms with E-state index in [0.717, 1.165) is 5.56 Å².